The van der Waals surface area contributed by atoms with Crippen LogP contribution in [0.3, 0.4) is 0 Å². The van der Waals surface area contributed by atoms with Crippen LogP contribution in [-0.4, -0.2) is 50.8 Å². The van der Waals surface area contributed by atoms with Crippen LogP contribution in [0.5, 0.6) is 0 Å². The van der Waals surface area contributed by atoms with Crippen LogP contribution in [0.15, 0.2) is 0 Å². The quantitative estimate of drug-likeness (QED) is 0.861. The summed E-state index contributed by atoms with van der Waals surface area (Å²) in [6.45, 7) is 1.57. The summed E-state index contributed by atoms with van der Waals surface area (Å²) in [4.78, 5) is 0. The summed E-state index contributed by atoms with van der Waals surface area (Å²) >= 11 is 0. The van der Waals surface area contributed by atoms with E-state index in [1.807, 2.05) is 0 Å². The molecule has 0 saturated carbocycles. The molecule has 0 radical (unpaired) electrons. The van der Waals surface area contributed by atoms with Gasteiger partial charge in [0.1, 0.15) is 0 Å². The molecule has 2 fully saturated rings. The number of sulfonamides is 1. The van der Waals surface area contributed by atoms with Gasteiger partial charge in [-0.2, -0.15) is 13.2 Å². The molecule has 2 rings (SSSR count). The third-order valence-corrected chi connectivity index (χ3v) is 6.20. The zero-order valence-corrected chi connectivity index (χ0v) is 12.1. The maximum absolute atomic E-state index is 12.6. The highest BCUT2D eigenvalue weighted by Crippen LogP contribution is 2.35. The van der Waals surface area contributed by atoms with Crippen molar-refractivity contribution < 1.29 is 21.6 Å². The Morgan fingerprint density at radius 3 is 2.30 bits per heavy atom. The van der Waals surface area contributed by atoms with Gasteiger partial charge in [0, 0.05) is 13.1 Å². The van der Waals surface area contributed by atoms with Crippen LogP contribution < -0.4 is 5.32 Å². The van der Waals surface area contributed by atoms with Crippen LogP contribution >= 0.6 is 0 Å². The maximum atomic E-state index is 12.6. The first-order valence-corrected chi connectivity index (χ1v) is 8.65. The standard InChI is InChI=1S/C12H21F3N2O2S/c13-12(14,15)11-3-6-17(7-4-11)20(18,19)9-10-2-1-5-16-8-10/h10-11,16H,1-9H2. The molecule has 0 amide bonds. The van der Waals surface area contributed by atoms with E-state index in [1.54, 1.807) is 0 Å². The first kappa shape index (κ1) is 16.0. The van der Waals surface area contributed by atoms with Crippen molar-refractivity contribution >= 4 is 10.0 Å². The molecule has 0 aliphatic carbocycles. The number of nitrogens with zero attached hydrogens (tertiary/aromatic N) is 1. The van der Waals surface area contributed by atoms with Crippen molar-refractivity contribution in [1.29, 1.82) is 0 Å². The zero-order chi connectivity index (χ0) is 14.8. The number of rotatable bonds is 3. The molecule has 20 heavy (non-hydrogen) atoms. The lowest BCUT2D eigenvalue weighted by Crippen LogP contribution is -2.45. The lowest BCUT2D eigenvalue weighted by atomic mass is 9.98. The van der Waals surface area contributed by atoms with Gasteiger partial charge in [-0.1, -0.05) is 0 Å². The van der Waals surface area contributed by atoms with Gasteiger partial charge in [-0.15, -0.1) is 0 Å². The molecular formula is C12H21F3N2O2S. The number of halogens is 3. The first-order chi connectivity index (χ1) is 9.29. The van der Waals surface area contributed by atoms with Gasteiger partial charge in [-0.05, 0) is 44.7 Å². The molecule has 2 aliphatic heterocycles. The van der Waals surface area contributed by atoms with E-state index in [2.05, 4.69) is 5.32 Å². The monoisotopic (exact) mass is 314 g/mol. The highest BCUT2D eigenvalue weighted by molar-refractivity contribution is 7.89. The highest BCUT2D eigenvalue weighted by Gasteiger charge is 2.43. The SMILES string of the molecule is O=S(=O)(CC1CCCNC1)N1CCC(C(F)(F)F)CC1. The van der Waals surface area contributed by atoms with Crippen molar-refractivity contribution in [2.75, 3.05) is 31.9 Å². The smallest absolute Gasteiger partial charge is 0.316 e. The lowest BCUT2D eigenvalue weighted by Gasteiger charge is -2.33. The van der Waals surface area contributed by atoms with E-state index in [1.165, 1.54) is 4.31 Å². The number of piperidine rings is 2. The van der Waals surface area contributed by atoms with Crippen molar-refractivity contribution in [2.45, 2.75) is 31.9 Å². The molecule has 0 aromatic heterocycles. The third-order valence-electron chi connectivity index (χ3n) is 4.16. The number of hydrogen-bond donors (Lipinski definition) is 1. The zero-order valence-electron chi connectivity index (χ0n) is 11.3. The Morgan fingerprint density at radius 2 is 1.80 bits per heavy atom. The largest absolute Gasteiger partial charge is 0.391 e. The van der Waals surface area contributed by atoms with Crippen LogP contribution in [0.1, 0.15) is 25.7 Å². The Bertz CT molecular complexity index is 411. The summed E-state index contributed by atoms with van der Waals surface area (Å²) < 4.78 is 63.4. The van der Waals surface area contributed by atoms with Gasteiger partial charge >= 0.3 is 6.18 Å². The Balaban J connectivity index is 1.88. The third kappa shape index (κ3) is 4.08. The van der Waals surface area contributed by atoms with Gasteiger partial charge in [0.05, 0.1) is 11.7 Å². The van der Waals surface area contributed by atoms with Crippen LogP contribution in [0.4, 0.5) is 13.2 Å². The second kappa shape index (κ2) is 6.19. The predicted molar refractivity (Wildman–Crippen MR) is 69.7 cm³/mol. The molecule has 1 N–H and O–H groups in total. The fraction of sp³-hybridized carbons (Fsp3) is 1.00. The van der Waals surface area contributed by atoms with Crippen LogP contribution in [0.25, 0.3) is 0 Å². The highest BCUT2D eigenvalue weighted by atomic mass is 32.2. The molecule has 0 aromatic rings. The van der Waals surface area contributed by atoms with Gasteiger partial charge in [0.25, 0.3) is 0 Å². The molecular weight excluding hydrogens is 293 g/mol. The van der Waals surface area contributed by atoms with E-state index < -0.39 is 22.1 Å². The summed E-state index contributed by atoms with van der Waals surface area (Å²) in [6, 6.07) is 0. The minimum Gasteiger partial charge on any atom is -0.316 e. The Morgan fingerprint density at radius 1 is 1.15 bits per heavy atom. The van der Waals surface area contributed by atoms with E-state index >= 15 is 0 Å². The van der Waals surface area contributed by atoms with E-state index in [0.717, 1.165) is 19.4 Å². The molecule has 1 atom stereocenters. The Hall–Kier alpha value is -0.340. The van der Waals surface area contributed by atoms with Crippen LogP contribution in [-0.2, 0) is 10.0 Å². The number of nitrogens with one attached hydrogen (secondary N) is 1. The molecule has 2 saturated heterocycles. The van der Waals surface area contributed by atoms with Crippen LogP contribution in [0, 0.1) is 11.8 Å². The topological polar surface area (TPSA) is 49.4 Å². The van der Waals surface area contributed by atoms with Gasteiger partial charge in [0.15, 0.2) is 0 Å². The minimum atomic E-state index is -4.21. The molecule has 2 aliphatic rings. The second-order valence-corrected chi connectivity index (χ2v) is 7.72. The maximum Gasteiger partial charge on any atom is 0.391 e. The van der Waals surface area contributed by atoms with E-state index in [0.29, 0.717) is 6.54 Å². The summed E-state index contributed by atoms with van der Waals surface area (Å²) in [6.07, 6.45) is -2.62. The summed E-state index contributed by atoms with van der Waals surface area (Å²) in [5.41, 5.74) is 0. The van der Waals surface area contributed by atoms with Gasteiger partial charge in [0.2, 0.25) is 10.0 Å². The molecule has 8 heteroatoms. The first-order valence-electron chi connectivity index (χ1n) is 7.04. The lowest BCUT2D eigenvalue weighted by molar-refractivity contribution is -0.182. The Labute approximate surface area is 117 Å². The number of alkyl halides is 3. The molecule has 4 nitrogen and oxygen atoms in total. The fourth-order valence-corrected chi connectivity index (χ4v) is 4.79. The molecule has 0 aromatic carbocycles. The van der Waals surface area contributed by atoms with Crippen molar-refractivity contribution in [2.24, 2.45) is 11.8 Å². The van der Waals surface area contributed by atoms with Crippen molar-refractivity contribution in [3.05, 3.63) is 0 Å². The van der Waals surface area contributed by atoms with Gasteiger partial charge < -0.3 is 5.32 Å². The van der Waals surface area contributed by atoms with Gasteiger partial charge in [-0.3, -0.25) is 0 Å². The molecule has 0 spiro atoms. The Kier molecular flexibility index (Phi) is 4.96. The molecule has 118 valence electrons. The summed E-state index contributed by atoms with van der Waals surface area (Å²) in [7, 11) is -3.43. The molecule has 2 heterocycles. The summed E-state index contributed by atoms with van der Waals surface area (Å²) in [5.74, 6) is -1.23. The van der Waals surface area contributed by atoms with E-state index in [-0.39, 0.29) is 37.6 Å². The predicted octanol–water partition coefficient (Wildman–Crippen LogP) is 1.59. The summed E-state index contributed by atoms with van der Waals surface area (Å²) in [5, 5.41) is 3.16. The molecule has 1 unspecified atom stereocenters. The van der Waals surface area contributed by atoms with Crippen molar-refractivity contribution in [3.8, 4) is 0 Å². The van der Waals surface area contributed by atoms with E-state index in [9.17, 15) is 21.6 Å². The average molecular weight is 314 g/mol. The van der Waals surface area contributed by atoms with E-state index in [4.69, 9.17) is 0 Å². The van der Waals surface area contributed by atoms with Crippen molar-refractivity contribution in [3.63, 3.8) is 0 Å². The normalized spacial score (nSPS) is 27.6. The van der Waals surface area contributed by atoms with Crippen molar-refractivity contribution in [1.82, 2.24) is 9.62 Å². The molecule has 0 bridgehead atoms. The minimum absolute atomic E-state index is 0.00728. The number of hydrogen-bond acceptors (Lipinski definition) is 3. The average Bonchev–Trinajstić information content (AvgIpc) is 2.38. The fourth-order valence-electron chi connectivity index (χ4n) is 2.93. The second-order valence-electron chi connectivity index (χ2n) is 5.71. The van der Waals surface area contributed by atoms with Crippen LogP contribution in [0.2, 0.25) is 0 Å². The van der Waals surface area contributed by atoms with Gasteiger partial charge in [-0.25, -0.2) is 12.7 Å².